The normalized spacial score (nSPS) is 22.5. The molecule has 1 amide bonds. The number of ketones is 2. The van der Waals surface area contributed by atoms with E-state index in [1.54, 1.807) is 48.5 Å². The maximum atomic E-state index is 12.8. The third-order valence-corrected chi connectivity index (χ3v) is 6.21. The molecule has 6 heteroatoms. The van der Waals surface area contributed by atoms with Crippen LogP contribution in [-0.4, -0.2) is 30.0 Å². The molecule has 0 heterocycles. The highest BCUT2D eigenvalue weighted by Gasteiger charge is 2.41. The van der Waals surface area contributed by atoms with Crippen LogP contribution in [0.1, 0.15) is 48.0 Å². The maximum Gasteiger partial charge on any atom is 0.309 e. The van der Waals surface area contributed by atoms with Gasteiger partial charge >= 0.3 is 5.97 Å². The van der Waals surface area contributed by atoms with E-state index in [9.17, 15) is 19.2 Å². The van der Waals surface area contributed by atoms with Gasteiger partial charge in [0.1, 0.15) is 5.78 Å². The van der Waals surface area contributed by atoms with Gasteiger partial charge < -0.3 is 10.1 Å². The monoisotopic (exact) mass is 419 g/mol. The van der Waals surface area contributed by atoms with E-state index in [0.717, 1.165) is 19.3 Å². The lowest BCUT2D eigenvalue weighted by molar-refractivity contribution is -0.155. The number of carbonyl (C=O) groups excluding carboxylic acids is 4. The van der Waals surface area contributed by atoms with Crippen LogP contribution in [0.15, 0.2) is 54.6 Å². The summed E-state index contributed by atoms with van der Waals surface area (Å²) in [6, 6.07) is 15.6. The Morgan fingerprint density at radius 3 is 2.26 bits per heavy atom. The van der Waals surface area contributed by atoms with Crippen LogP contribution in [0.25, 0.3) is 0 Å². The number of rotatable bonds is 6. The molecule has 2 saturated carbocycles. The summed E-state index contributed by atoms with van der Waals surface area (Å²) in [5, 5.41) is 2.68. The van der Waals surface area contributed by atoms with Gasteiger partial charge in [-0.3, -0.25) is 19.2 Å². The molecule has 31 heavy (non-hydrogen) atoms. The Hall–Kier alpha value is -3.28. The molecular weight excluding hydrogens is 394 g/mol. The summed E-state index contributed by atoms with van der Waals surface area (Å²) < 4.78 is 5.25. The van der Waals surface area contributed by atoms with Gasteiger partial charge in [0.05, 0.1) is 11.6 Å². The highest BCUT2D eigenvalue weighted by molar-refractivity contribution is 6.13. The smallest absolute Gasteiger partial charge is 0.309 e. The van der Waals surface area contributed by atoms with Crippen molar-refractivity contribution in [1.82, 2.24) is 0 Å². The summed E-state index contributed by atoms with van der Waals surface area (Å²) in [5.41, 5.74) is 1.26. The van der Waals surface area contributed by atoms with Gasteiger partial charge in [0.15, 0.2) is 12.4 Å². The summed E-state index contributed by atoms with van der Waals surface area (Å²) >= 11 is 0. The lowest BCUT2D eigenvalue weighted by Crippen LogP contribution is -2.40. The van der Waals surface area contributed by atoms with E-state index in [1.165, 1.54) is 0 Å². The summed E-state index contributed by atoms with van der Waals surface area (Å²) in [4.78, 5) is 49.9. The predicted molar refractivity (Wildman–Crippen MR) is 114 cm³/mol. The summed E-state index contributed by atoms with van der Waals surface area (Å²) in [5.74, 6) is -1.26. The summed E-state index contributed by atoms with van der Waals surface area (Å²) in [6.07, 6.45) is 3.75. The zero-order chi connectivity index (χ0) is 21.8. The number of amides is 1. The Kier molecular flexibility index (Phi) is 6.26. The van der Waals surface area contributed by atoms with Gasteiger partial charge in [0, 0.05) is 23.0 Å². The Morgan fingerprint density at radius 1 is 0.903 bits per heavy atom. The van der Waals surface area contributed by atoms with Crippen LogP contribution in [0.3, 0.4) is 0 Å². The first kappa shape index (κ1) is 21.0. The molecule has 3 atom stereocenters. The molecular formula is C25H25NO5. The van der Waals surface area contributed by atoms with Crippen molar-refractivity contribution in [2.75, 3.05) is 11.9 Å². The van der Waals surface area contributed by atoms with Crippen molar-refractivity contribution in [1.29, 1.82) is 0 Å². The Balaban J connectivity index is 1.35. The third-order valence-electron chi connectivity index (χ3n) is 6.21. The SMILES string of the molecule is O=C(COC(=O)C1C[C@H]2CCC[C@@H](C1)C2=O)Nc1ccccc1C(=O)c1ccccc1. The highest BCUT2D eigenvalue weighted by atomic mass is 16.5. The molecule has 0 radical (unpaired) electrons. The fourth-order valence-electron chi connectivity index (χ4n) is 4.65. The van der Waals surface area contributed by atoms with Crippen LogP contribution in [0.2, 0.25) is 0 Å². The third kappa shape index (κ3) is 4.74. The van der Waals surface area contributed by atoms with Gasteiger partial charge in [0.2, 0.25) is 0 Å². The number of nitrogens with one attached hydrogen (secondary N) is 1. The van der Waals surface area contributed by atoms with E-state index < -0.39 is 18.5 Å². The van der Waals surface area contributed by atoms with E-state index in [0.29, 0.717) is 29.7 Å². The average Bonchev–Trinajstić information content (AvgIpc) is 2.78. The second kappa shape index (κ2) is 9.25. The first-order valence-electron chi connectivity index (χ1n) is 10.7. The van der Waals surface area contributed by atoms with Crippen LogP contribution in [0.5, 0.6) is 0 Å². The van der Waals surface area contributed by atoms with Gasteiger partial charge in [-0.2, -0.15) is 0 Å². The molecule has 1 N–H and O–H groups in total. The van der Waals surface area contributed by atoms with Crippen molar-refractivity contribution in [2.45, 2.75) is 32.1 Å². The van der Waals surface area contributed by atoms with E-state index in [2.05, 4.69) is 5.32 Å². The second-order valence-corrected chi connectivity index (χ2v) is 8.29. The molecule has 0 spiro atoms. The Morgan fingerprint density at radius 2 is 1.55 bits per heavy atom. The van der Waals surface area contributed by atoms with E-state index in [1.807, 2.05) is 6.07 Å². The first-order chi connectivity index (χ1) is 15.0. The molecule has 2 aromatic carbocycles. The molecule has 4 rings (SSSR count). The topological polar surface area (TPSA) is 89.5 Å². The van der Waals surface area contributed by atoms with Crippen LogP contribution in [0.4, 0.5) is 5.69 Å². The van der Waals surface area contributed by atoms with Gasteiger partial charge in [-0.15, -0.1) is 0 Å². The molecule has 0 saturated heterocycles. The molecule has 2 fully saturated rings. The van der Waals surface area contributed by atoms with E-state index in [4.69, 9.17) is 4.74 Å². The van der Waals surface area contributed by atoms with Gasteiger partial charge in [-0.25, -0.2) is 0 Å². The van der Waals surface area contributed by atoms with Crippen LogP contribution < -0.4 is 5.32 Å². The van der Waals surface area contributed by atoms with Crippen molar-refractivity contribution >= 4 is 29.1 Å². The minimum atomic E-state index is -0.506. The molecule has 2 aliphatic carbocycles. The molecule has 0 aromatic heterocycles. The lowest BCUT2D eigenvalue weighted by Gasteiger charge is -2.36. The standard InChI is InChI=1S/C25H25NO5/c27-22(15-31-25(30)19-13-17-9-6-10-18(14-19)23(17)28)26-21-12-5-4-11-20(21)24(29)16-7-2-1-3-8-16/h1-5,7-8,11-12,17-19H,6,9-10,13-15H2,(H,26,27)/t17-,18+,19?. The number of benzene rings is 2. The number of hydrogen-bond acceptors (Lipinski definition) is 5. The van der Waals surface area contributed by atoms with E-state index >= 15 is 0 Å². The molecule has 0 aliphatic heterocycles. The number of para-hydroxylation sites is 1. The summed E-state index contributed by atoms with van der Waals surface area (Å²) in [6.45, 7) is -0.424. The molecule has 2 bridgehead atoms. The zero-order valence-electron chi connectivity index (χ0n) is 17.2. The quantitative estimate of drug-likeness (QED) is 0.568. The highest BCUT2D eigenvalue weighted by Crippen LogP contribution is 2.40. The predicted octanol–water partition coefficient (Wildman–Crippen LogP) is 3.79. The molecule has 1 unspecified atom stereocenters. The Bertz CT molecular complexity index is 984. The maximum absolute atomic E-state index is 12.8. The van der Waals surface area contributed by atoms with Crippen LogP contribution >= 0.6 is 0 Å². The zero-order valence-corrected chi connectivity index (χ0v) is 17.2. The van der Waals surface area contributed by atoms with Gasteiger partial charge in [-0.1, -0.05) is 48.9 Å². The molecule has 6 nitrogen and oxygen atoms in total. The minimum absolute atomic E-state index is 0.0465. The molecule has 160 valence electrons. The number of carbonyl (C=O) groups is 4. The fraction of sp³-hybridized carbons (Fsp3) is 0.360. The minimum Gasteiger partial charge on any atom is -0.455 e. The van der Waals surface area contributed by atoms with Crippen LogP contribution in [-0.2, 0) is 19.1 Å². The lowest BCUT2D eigenvalue weighted by atomic mass is 9.67. The number of hydrogen-bond donors (Lipinski definition) is 1. The second-order valence-electron chi connectivity index (χ2n) is 8.29. The number of ether oxygens (including phenoxy) is 1. The fourth-order valence-corrected chi connectivity index (χ4v) is 4.65. The number of fused-ring (bicyclic) bond motifs is 2. The summed E-state index contributed by atoms with van der Waals surface area (Å²) in [7, 11) is 0. The molecule has 2 aromatic rings. The van der Waals surface area contributed by atoms with Gasteiger partial charge in [-0.05, 0) is 37.8 Å². The number of esters is 1. The Labute approximate surface area is 181 Å². The molecule has 2 aliphatic rings. The largest absolute Gasteiger partial charge is 0.455 e. The van der Waals surface area contributed by atoms with Crippen LogP contribution in [0, 0.1) is 17.8 Å². The number of anilines is 1. The van der Waals surface area contributed by atoms with Crippen molar-refractivity contribution in [3.63, 3.8) is 0 Å². The van der Waals surface area contributed by atoms with E-state index in [-0.39, 0.29) is 29.3 Å². The number of Topliss-reactive ketones (excluding diaryl/α,β-unsaturated/α-hetero) is 1. The van der Waals surface area contributed by atoms with Crippen molar-refractivity contribution in [2.24, 2.45) is 17.8 Å². The van der Waals surface area contributed by atoms with Gasteiger partial charge in [0.25, 0.3) is 5.91 Å². The average molecular weight is 419 g/mol. The van der Waals surface area contributed by atoms with Crippen molar-refractivity contribution < 1.29 is 23.9 Å². The first-order valence-corrected chi connectivity index (χ1v) is 10.7. The van der Waals surface area contributed by atoms with Crippen molar-refractivity contribution in [3.05, 3.63) is 65.7 Å². The van der Waals surface area contributed by atoms with Crippen molar-refractivity contribution in [3.8, 4) is 0 Å².